The summed E-state index contributed by atoms with van der Waals surface area (Å²) in [6.45, 7) is 5.61. The van der Waals surface area contributed by atoms with Crippen LogP contribution in [0.25, 0.3) is 0 Å². The molecule has 6 nitrogen and oxygen atoms in total. The maximum absolute atomic E-state index is 13.6. The molecule has 2 fully saturated rings. The summed E-state index contributed by atoms with van der Waals surface area (Å²) in [7, 11) is 0. The second-order valence-corrected chi connectivity index (χ2v) is 9.75. The Bertz CT molecular complexity index is 985. The lowest BCUT2D eigenvalue weighted by Gasteiger charge is -2.39. The lowest BCUT2D eigenvalue weighted by atomic mass is 10.00. The summed E-state index contributed by atoms with van der Waals surface area (Å²) in [5, 5.41) is 0. The monoisotopic (exact) mass is 482 g/mol. The third kappa shape index (κ3) is 6.40. The van der Waals surface area contributed by atoms with Crippen molar-refractivity contribution >= 4 is 5.91 Å². The summed E-state index contributed by atoms with van der Waals surface area (Å²) >= 11 is 0. The van der Waals surface area contributed by atoms with Gasteiger partial charge in [0.25, 0.3) is 0 Å². The molecule has 0 atom stereocenters. The van der Waals surface area contributed by atoms with Crippen LogP contribution in [-0.4, -0.2) is 67.5 Å². The van der Waals surface area contributed by atoms with E-state index >= 15 is 0 Å². The standard InChI is InChI=1S/C28H35FN2O4/c29-24-5-2-21(3-6-24)20-31(27(32)19-22-4-7-26-23(18-22)11-17-33-26)25-8-12-30(13-9-25)14-10-28-34-15-1-16-35-28/h2-7,18,25,28H,1,8-17,19-20H2. The van der Waals surface area contributed by atoms with Crippen LogP contribution in [0.3, 0.4) is 0 Å². The first kappa shape index (κ1) is 24.2. The molecule has 2 aromatic carbocycles. The molecule has 3 heterocycles. The molecule has 2 saturated heterocycles. The number of rotatable bonds is 8. The van der Waals surface area contributed by atoms with E-state index in [0.717, 1.165) is 81.8 Å². The van der Waals surface area contributed by atoms with Crippen LogP contribution < -0.4 is 4.74 Å². The smallest absolute Gasteiger partial charge is 0.227 e. The average molecular weight is 483 g/mol. The number of carbonyl (C=O) groups excluding carboxylic acids is 1. The van der Waals surface area contributed by atoms with Crippen LogP contribution in [0.15, 0.2) is 42.5 Å². The molecule has 0 aliphatic carbocycles. The lowest BCUT2D eigenvalue weighted by Crippen LogP contribution is -2.48. The highest BCUT2D eigenvalue weighted by molar-refractivity contribution is 5.79. The van der Waals surface area contributed by atoms with Crippen molar-refractivity contribution in [1.82, 2.24) is 9.80 Å². The van der Waals surface area contributed by atoms with Gasteiger partial charge in [-0.1, -0.05) is 24.3 Å². The van der Waals surface area contributed by atoms with E-state index in [1.165, 1.54) is 17.7 Å². The van der Waals surface area contributed by atoms with Crippen molar-refractivity contribution < 1.29 is 23.4 Å². The molecule has 188 valence electrons. The molecule has 0 aromatic heterocycles. The summed E-state index contributed by atoms with van der Waals surface area (Å²) in [6.07, 6.45) is 4.88. The Hall–Kier alpha value is -2.48. The number of fused-ring (bicyclic) bond motifs is 1. The maximum atomic E-state index is 13.6. The molecule has 0 spiro atoms. The number of hydrogen-bond acceptors (Lipinski definition) is 5. The molecular weight excluding hydrogens is 447 g/mol. The SMILES string of the molecule is O=C(Cc1ccc2c(c1)CCO2)N(Cc1ccc(F)cc1)C1CCN(CCC2OCCCO2)CC1. The Labute approximate surface area is 206 Å². The van der Waals surface area contributed by atoms with E-state index < -0.39 is 0 Å². The highest BCUT2D eigenvalue weighted by Crippen LogP contribution is 2.27. The quantitative estimate of drug-likeness (QED) is 0.570. The van der Waals surface area contributed by atoms with E-state index in [1.807, 2.05) is 17.0 Å². The number of ether oxygens (including phenoxy) is 3. The summed E-state index contributed by atoms with van der Waals surface area (Å²) in [4.78, 5) is 18.0. The van der Waals surface area contributed by atoms with Gasteiger partial charge in [0.2, 0.25) is 5.91 Å². The lowest BCUT2D eigenvalue weighted by molar-refractivity contribution is -0.182. The molecule has 3 aliphatic rings. The van der Waals surface area contributed by atoms with Gasteiger partial charge in [-0.2, -0.15) is 0 Å². The van der Waals surface area contributed by atoms with E-state index in [4.69, 9.17) is 14.2 Å². The number of likely N-dealkylation sites (tertiary alicyclic amines) is 1. The van der Waals surface area contributed by atoms with Crippen molar-refractivity contribution in [2.24, 2.45) is 0 Å². The minimum Gasteiger partial charge on any atom is -0.493 e. The van der Waals surface area contributed by atoms with Crippen molar-refractivity contribution in [3.63, 3.8) is 0 Å². The van der Waals surface area contributed by atoms with Crippen molar-refractivity contribution in [3.8, 4) is 5.75 Å². The Kier molecular flexibility index (Phi) is 7.96. The fourth-order valence-electron chi connectivity index (χ4n) is 5.28. The Balaban J connectivity index is 1.22. The third-order valence-electron chi connectivity index (χ3n) is 7.27. The van der Waals surface area contributed by atoms with E-state index in [0.29, 0.717) is 19.6 Å². The predicted molar refractivity (Wildman–Crippen MR) is 131 cm³/mol. The Morgan fingerprint density at radius 3 is 2.51 bits per heavy atom. The number of amides is 1. The Morgan fingerprint density at radius 1 is 1.00 bits per heavy atom. The molecule has 1 amide bonds. The average Bonchev–Trinajstić information content (AvgIpc) is 3.36. The normalized spacial score (nSPS) is 19.3. The minimum atomic E-state index is -0.258. The number of piperidine rings is 1. The minimum absolute atomic E-state index is 0.0873. The second kappa shape index (κ2) is 11.5. The van der Waals surface area contributed by atoms with Gasteiger partial charge in [-0.15, -0.1) is 0 Å². The van der Waals surface area contributed by atoms with Crippen LogP contribution in [0.1, 0.15) is 42.4 Å². The molecule has 0 saturated carbocycles. The first-order chi connectivity index (χ1) is 17.1. The van der Waals surface area contributed by atoms with Crippen LogP contribution in [0, 0.1) is 5.82 Å². The first-order valence-electron chi connectivity index (χ1n) is 12.9. The van der Waals surface area contributed by atoms with Crippen molar-refractivity contribution in [2.75, 3.05) is 39.5 Å². The first-order valence-corrected chi connectivity index (χ1v) is 12.9. The van der Waals surface area contributed by atoms with Crippen molar-refractivity contribution in [3.05, 3.63) is 65.0 Å². The molecular formula is C28H35FN2O4. The highest BCUT2D eigenvalue weighted by Gasteiger charge is 2.29. The number of halogens is 1. The molecule has 7 heteroatoms. The fourth-order valence-corrected chi connectivity index (χ4v) is 5.28. The van der Waals surface area contributed by atoms with E-state index in [2.05, 4.69) is 11.0 Å². The largest absolute Gasteiger partial charge is 0.493 e. The molecule has 0 bridgehead atoms. The van der Waals surface area contributed by atoms with Gasteiger partial charge in [-0.25, -0.2) is 4.39 Å². The number of carbonyl (C=O) groups is 1. The Morgan fingerprint density at radius 2 is 1.74 bits per heavy atom. The summed E-state index contributed by atoms with van der Waals surface area (Å²) in [6, 6.07) is 12.7. The van der Waals surface area contributed by atoms with Gasteiger partial charge in [0.1, 0.15) is 11.6 Å². The summed E-state index contributed by atoms with van der Waals surface area (Å²) in [5.41, 5.74) is 3.16. The van der Waals surface area contributed by atoms with Gasteiger partial charge in [0.15, 0.2) is 6.29 Å². The molecule has 0 radical (unpaired) electrons. The van der Waals surface area contributed by atoms with Crippen molar-refractivity contribution in [1.29, 1.82) is 0 Å². The van der Waals surface area contributed by atoms with E-state index in [-0.39, 0.29) is 24.1 Å². The van der Waals surface area contributed by atoms with Crippen molar-refractivity contribution in [2.45, 2.75) is 57.4 Å². The van der Waals surface area contributed by atoms with Gasteiger partial charge in [-0.3, -0.25) is 4.79 Å². The molecule has 0 N–H and O–H groups in total. The molecule has 3 aliphatic heterocycles. The number of benzene rings is 2. The van der Waals surface area contributed by atoms with Crippen LogP contribution in [-0.2, 0) is 33.7 Å². The second-order valence-electron chi connectivity index (χ2n) is 9.75. The molecule has 0 unspecified atom stereocenters. The van der Waals surface area contributed by atoms with Crippen LogP contribution in [0.5, 0.6) is 5.75 Å². The zero-order valence-corrected chi connectivity index (χ0v) is 20.3. The zero-order valence-electron chi connectivity index (χ0n) is 20.3. The fraction of sp³-hybridized carbons (Fsp3) is 0.536. The van der Waals surface area contributed by atoms with Crippen LogP contribution >= 0.6 is 0 Å². The maximum Gasteiger partial charge on any atom is 0.227 e. The van der Waals surface area contributed by atoms with Gasteiger partial charge in [0.05, 0.1) is 26.2 Å². The number of hydrogen-bond donors (Lipinski definition) is 0. The number of nitrogens with zero attached hydrogens (tertiary/aromatic N) is 2. The van der Waals surface area contributed by atoms with Gasteiger partial charge >= 0.3 is 0 Å². The van der Waals surface area contributed by atoms with E-state index in [1.54, 1.807) is 12.1 Å². The summed E-state index contributed by atoms with van der Waals surface area (Å²) in [5.74, 6) is 0.794. The van der Waals surface area contributed by atoms with Crippen LogP contribution in [0.4, 0.5) is 4.39 Å². The van der Waals surface area contributed by atoms with Gasteiger partial charge < -0.3 is 24.0 Å². The van der Waals surface area contributed by atoms with Gasteiger partial charge in [0, 0.05) is 45.1 Å². The topological polar surface area (TPSA) is 51.2 Å². The zero-order chi connectivity index (χ0) is 24.0. The highest BCUT2D eigenvalue weighted by atomic mass is 19.1. The molecule has 2 aromatic rings. The summed E-state index contributed by atoms with van der Waals surface area (Å²) < 4.78 is 30.4. The predicted octanol–water partition coefficient (Wildman–Crippen LogP) is 3.95. The van der Waals surface area contributed by atoms with Gasteiger partial charge in [-0.05, 0) is 54.2 Å². The van der Waals surface area contributed by atoms with Crippen LogP contribution in [0.2, 0.25) is 0 Å². The molecule has 35 heavy (non-hydrogen) atoms. The molecule has 5 rings (SSSR count). The third-order valence-corrected chi connectivity index (χ3v) is 7.27. The van der Waals surface area contributed by atoms with E-state index in [9.17, 15) is 9.18 Å².